The zero-order valence-electron chi connectivity index (χ0n) is 9.87. The molecule has 0 saturated carbocycles. The summed E-state index contributed by atoms with van der Waals surface area (Å²) >= 11 is 0. The van der Waals surface area contributed by atoms with Crippen LogP contribution in [0, 0.1) is 5.92 Å². The van der Waals surface area contributed by atoms with Gasteiger partial charge in [0.25, 0.3) is 0 Å². The minimum absolute atomic E-state index is 0.890. The van der Waals surface area contributed by atoms with E-state index in [1.54, 1.807) is 24.8 Å². The molecular formula is C13H15N4. The van der Waals surface area contributed by atoms with Crippen molar-refractivity contribution in [1.29, 1.82) is 0 Å². The number of nitrogens with zero attached hydrogens (tertiary/aromatic N) is 4. The summed E-state index contributed by atoms with van der Waals surface area (Å²) in [7, 11) is 0. The summed E-state index contributed by atoms with van der Waals surface area (Å²) in [5, 5.41) is 8.07. The Balaban J connectivity index is 2.26. The Morgan fingerprint density at radius 3 is 2.76 bits per heavy atom. The average molecular weight is 227 g/mol. The first-order chi connectivity index (χ1) is 8.42. The maximum atomic E-state index is 4.34. The highest BCUT2D eigenvalue weighted by Crippen LogP contribution is 2.24. The normalized spacial score (nSPS) is 10.7. The summed E-state index contributed by atoms with van der Waals surface area (Å²) in [5.41, 5.74) is 1.78. The molecule has 1 radical (unpaired) electrons. The van der Waals surface area contributed by atoms with E-state index in [9.17, 15) is 0 Å². The molecule has 2 aromatic heterocycles. The van der Waals surface area contributed by atoms with Crippen molar-refractivity contribution in [2.24, 2.45) is 0 Å². The number of hydrogen-bond donors (Lipinski definition) is 0. The number of rotatable bonds is 5. The Morgan fingerprint density at radius 1 is 1.18 bits per heavy atom. The van der Waals surface area contributed by atoms with E-state index in [0.717, 1.165) is 36.6 Å². The maximum Gasteiger partial charge on any atom is 0.0766 e. The molecule has 0 aliphatic heterocycles. The van der Waals surface area contributed by atoms with Gasteiger partial charge >= 0.3 is 0 Å². The van der Waals surface area contributed by atoms with E-state index in [1.807, 2.05) is 12.1 Å². The molecule has 0 amide bonds. The second-order valence-corrected chi connectivity index (χ2v) is 3.78. The van der Waals surface area contributed by atoms with Crippen LogP contribution in [0.5, 0.6) is 0 Å². The van der Waals surface area contributed by atoms with Gasteiger partial charge in [-0.25, -0.2) is 0 Å². The molecule has 17 heavy (non-hydrogen) atoms. The molecule has 0 spiro atoms. The fourth-order valence-corrected chi connectivity index (χ4v) is 1.66. The first-order valence-electron chi connectivity index (χ1n) is 5.82. The number of unbranched alkanes of at least 4 members (excludes halogenated alkanes) is 1. The SMILES string of the molecule is CCCC[C](c1cnccn1)c1cccnn1. The van der Waals surface area contributed by atoms with Crippen molar-refractivity contribution >= 4 is 0 Å². The minimum atomic E-state index is 0.890. The first-order valence-corrected chi connectivity index (χ1v) is 5.82. The molecular weight excluding hydrogens is 212 g/mol. The highest BCUT2D eigenvalue weighted by Gasteiger charge is 2.17. The van der Waals surface area contributed by atoms with Gasteiger partial charge in [-0.1, -0.05) is 19.8 Å². The van der Waals surface area contributed by atoms with E-state index < -0.39 is 0 Å². The van der Waals surface area contributed by atoms with E-state index in [4.69, 9.17) is 0 Å². The van der Waals surface area contributed by atoms with Crippen LogP contribution in [-0.4, -0.2) is 20.2 Å². The van der Waals surface area contributed by atoms with Gasteiger partial charge in [0.05, 0.1) is 17.3 Å². The van der Waals surface area contributed by atoms with Crippen LogP contribution in [0.1, 0.15) is 37.6 Å². The van der Waals surface area contributed by atoms with Gasteiger partial charge in [0.15, 0.2) is 0 Å². The maximum absolute atomic E-state index is 4.34. The Hall–Kier alpha value is -1.84. The van der Waals surface area contributed by atoms with E-state index in [1.165, 1.54) is 0 Å². The summed E-state index contributed by atoms with van der Waals surface area (Å²) in [6, 6.07) is 3.86. The molecule has 0 fully saturated rings. The predicted octanol–water partition coefficient (Wildman–Crippen LogP) is 2.43. The molecule has 0 N–H and O–H groups in total. The molecule has 2 heterocycles. The van der Waals surface area contributed by atoms with Gasteiger partial charge in [-0.2, -0.15) is 10.2 Å². The molecule has 0 unspecified atom stereocenters. The van der Waals surface area contributed by atoms with Crippen molar-refractivity contribution in [2.45, 2.75) is 26.2 Å². The van der Waals surface area contributed by atoms with Crippen LogP contribution in [0.4, 0.5) is 0 Å². The van der Waals surface area contributed by atoms with Crippen molar-refractivity contribution in [2.75, 3.05) is 0 Å². The lowest BCUT2D eigenvalue weighted by molar-refractivity contribution is 0.731. The van der Waals surface area contributed by atoms with E-state index in [2.05, 4.69) is 27.1 Å². The summed E-state index contributed by atoms with van der Waals surface area (Å²) in [6.07, 6.45) is 10.0. The lowest BCUT2D eigenvalue weighted by Gasteiger charge is -2.13. The Morgan fingerprint density at radius 2 is 2.12 bits per heavy atom. The van der Waals surface area contributed by atoms with E-state index in [-0.39, 0.29) is 0 Å². The highest BCUT2D eigenvalue weighted by molar-refractivity contribution is 5.35. The van der Waals surface area contributed by atoms with Crippen LogP contribution < -0.4 is 0 Å². The average Bonchev–Trinajstić information content (AvgIpc) is 2.42. The third-order valence-corrected chi connectivity index (χ3v) is 2.53. The zero-order chi connectivity index (χ0) is 11.9. The highest BCUT2D eigenvalue weighted by atomic mass is 15.1. The minimum Gasteiger partial charge on any atom is -0.261 e. The fraction of sp³-hybridized carbons (Fsp3) is 0.308. The summed E-state index contributed by atoms with van der Waals surface area (Å²) in [6.45, 7) is 2.17. The van der Waals surface area contributed by atoms with Crippen LogP contribution in [0.15, 0.2) is 36.9 Å². The molecule has 0 bridgehead atoms. The molecule has 0 saturated heterocycles. The predicted molar refractivity (Wildman–Crippen MR) is 65.0 cm³/mol. The van der Waals surface area contributed by atoms with Crippen LogP contribution in [0.3, 0.4) is 0 Å². The molecule has 4 nitrogen and oxygen atoms in total. The van der Waals surface area contributed by atoms with E-state index >= 15 is 0 Å². The monoisotopic (exact) mass is 227 g/mol. The summed E-state index contributed by atoms with van der Waals surface area (Å²) in [4.78, 5) is 8.45. The lowest BCUT2D eigenvalue weighted by atomic mass is 9.95. The van der Waals surface area contributed by atoms with Crippen LogP contribution in [-0.2, 0) is 0 Å². The van der Waals surface area contributed by atoms with Gasteiger partial charge in [-0.3, -0.25) is 9.97 Å². The number of hydrogen-bond acceptors (Lipinski definition) is 4. The molecule has 0 atom stereocenters. The van der Waals surface area contributed by atoms with E-state index in [0.29, 0.717) is 0 Å². The number of aromatic nitrogens is 4. The van der Waals surface area contributed by atoms with Gasteiger partial charge in [0.1, 0.15) is 0 Å². The van der Waals surface area contributed by atoms with Crippen LogP contribution in [0.2, 0.25) is 0 Å². The second-order valence-electron chi connectivity index (χ2n) is 3.78. The third-order valence-electron chi connectivity index (χ3n) is 2.53. The van der Waals surface area contributed by atoms with Crippen molar-refractivity contribution in [1.82, 2.24) is 20.2 Å². The second kappa shape index (κ2) is 6.03. The fourth-order valence-electron chi connectivity index (χ4n) is 1.66. The Labute approximate surface area is 101 Å². The van der Waals surface area contributed by atoms with Gasteiger partial charge in [-0.15, -0.1) is 0 Å². The standard InChI is InChI=1S/C13H15N4/c1-2-3-5-11(12-6-4-7-16-17-12)13-10-14-8-9-15-13/h4,6-10H,2-3,5H2,1H3. The smallest absolute Gasteiger partial charge is 0.0766 e. The molecule has 4 heteroatoms. The molecule has 0 aliphatic rings. The van der Waals surface area contributed by atoms with Gasteiger partial charge in [0.2, 0.25) is 0 Å². The van der Waals surface area contributed by atoms with Crippen LogP contribution in [0.25, 0.3) is 0 Å². The van der Waals surface area contributed by atoms with Crippen molar-refractivity contribution in [3.8, 4) is 0 Å². The lowest BCUT2D eigenvalue weighted by Crippen LogP contribution is -2.07. The Bertz CT molecular complexity index is 390. The zero-order valence-corrected chi connectivity index (χ0v) is 9.87. The summed E-state index contributed by atoms with van der Waals surface area (Å²) in [5.74, 6) is 1.12. The van der Waals surface area contributed by atoms with Crippen molar-refractivity contribution in [3.63, 3.8) is 0 Å². The molecule has 2 aromatic rings. The van der Waals surface area contributed by atoms with Gasteiger partial charge < -0.3 is 0 Å². The summed E-state index contributed by atoms with van der Waals surface area (Å²) < 4.78 is 0. The molecule has 87 valence electrons. The first kappa shape index (κ1) is 11.6. The third kappa shape index (κ3) is 3.06. The molecule has 0 aliphatic carbocycles. The quantitative estimate of drug-likeness (QED) is 0.787. The van der Waals surface area contributed by atoms with Gasteiger partial charge in [-0.05, 0) is 18.6 Å². The topological polar surface area (TPSA) is 51.6 Å². The Kier molecular flexibility index (Phi) is 4.13. The van der Waals surface area contributed by atoms with Crippen molar-refractivity contribution < 1.29 is 0 Å². The molecule has 0 aromatic carbocycles. The van der Waals surface area contributed by atoms with Crippen molar-refractivity contribution in [3.05, 3.63) is 54.2 Å². The van der Waals surface area contributed by atoms with Gasteiger partial charge in [0, 0.05) is 24.8 Å². The largest absolute Gasteiger partial charge is 0.261 e. The van der Waals surface area contributed by atoms with Crippen LogP contribution >= 0.6 is 0 Å². The molecule has 2 rings (SSSR count).